The second kappa shape index (κ2) is 8.30. The van der Waals surface area contributed by atoms with Crippen LogP contribution in [0.3, 0.4) is 0 Å². The topological polar surface area (TPSA) is 91.7 Å². The van der Waals surface area contributed by atoms with Gasteiger partial charge in [-0.15, -0.1) is 11.3 Å². The molecule has 0 aliphatic rings. The number of fused-ring (bicyclic) bond motifs is 1. The van der Waals surface area contributed by atoms with Gasteiger partial charge in [0, 0.05) is 22.7 Å². The van der Waals surface area contributed by atoms with Crippen molar-refractivity contribution in [2.75, 3.05) is 26.6 Å². The molecule has 0 unspecified atom stereocenters. The normalized spacial score (nSPS) is 10.7. The fourth-order valence-electron chi connectivity index (χ4n) is 2.81. The van der Waals surface area contributed by atoms with Crippen LogP contribution in [0.2, 0.25) is 0 Å². The van der Waals surface area contributed by atoms with Crippen molar-refractivity contribution in [1.82, 2.24) is 9.55 Å². The lowest BCUT2D eigenvalue weighted by Gasteiger charge is -2.14. The molecule has 2 aromatic heterocycles. The summed E-state index contributed by atoms with van der Waals surface area (Å²) in [5.74, 6) is 0.895. The Bertz CT molecular complexity index is 1050. The number of benzene rings is 1. The Morgan fingerprint density at radius 3 is 2.39 bits per heavy atom. The SMILES string of the molecule is CCc1cc2c(=O)n(CC(=O)Nc3cc(OC)c(OC)c(OC)c3)cnc2s1. The van der Waals surface area contributed by atoms with Crippen LogP contribution in [0.4, 0.5) is 5.69 Å². The lowest BCUT2D eigenvalue weighted by Crippen LogP contribution is -2.27. The van der Waals surface area contributed by atoms with Crippen molar-refractivity contribution in [2.24, 2.45) is 0 Å². The van der Waals surface area contributed by atoms with Crippen LogP contribution in [-0.2, 0) is 17.8 Å². The first-order valence-corrected chi connectivity index (χ1v) is 9.40. The van der Waals surface area contributed by atoms with Gasteiger partial charge >= 0.3 is 0 Å². The third-order valence-electron chi connectivity index (χ3n) is 4.18. The molecule has 148 valence electrons. The zero-order valence-corrected chi connectivity index (χ0v) is 16.9. The van der Waals surface area contributed by atoms with Gasteiger partial charge in [-0.2, -0.15) is 0 Å². The van der Waals surface area contributed by atoms with Crippen LogP contribution in [0, 0.1) is 0 Å². The van der Waals surface area contributed by atoms with E-state index in [4.69, 9.17) is 14.2 Å². The minimum Gasteiger partial charge on any atom is -0.493 e. The van der Waals surface area contributed by atoms with Gasteiger partial charge in [-0.3, -0.25) is 14.2 Å². The van der Waals surface area contributed by atoms with Crippen molar-refractivity contribution >= 4 is 33.1 Å². The number of ether oxygens (including phenoxy) is 3. The molecule has 9 heteroatoms. The van der Waals surface area contributed by atoms with E-state index in [1.165, 1.54) is 43.6 Å². The van der Waals surface area contributed by atoms with E-state index < -0.39 is 0 Å². The second-order valence-electron chi connectivity index (χ2n) is 5.92. The standard InChI is InChI=1S/C19H21N3O5S/c1-5-12-8-13-18(28-12)20-10-22(19(13)24)9-16(23)21-11-6-14(25-2)17(27-4)15(7-11)26-3/h6-8,10H,5,9H2,1-4H3,(H,21,23). The number of hydrogen-bond donors (Lipinski definition) is 1. The van der Waals surface area contributed by atoms with Gasteiger partial charge in [0.2, 0.25) is 11.7 Å². The first-order valence-electron chi connectivity index (χ1n) is 8.58. The van der Waals surface area contributed by atoms with Crippen molar-refractivity contribution in [1.29, 1.82) is 0 Å². The maximum absolute atomic E-state index is 12.6. The van der Waals surface area contributed by atoms with Crippen LogP contribution >= 0.6 is 11.3 Å². The van der Waals surface area contributed by atoms with E-state index in [9.17, 15) is 9.59 Å². The monoisotopic (exact) mass is 403 g/mol. The zero-order chi connectivity index (χ0) is 20.3. The number of amides is 1. The number of carbonyl (C=O) groups is 1. The molecule has 3 aromatic rings. The number of hydrogen-bond acceptors (Lipinski definition) is 7. The molecule has 0 aliphatic heterocycles. The summed E-state index contributed by atoms with van der Waals surface area (Å²) in [7, 11) is 4.49. The predicted molar refractivity (Wildman–Crippen MR) is 108 cm³/mol. The lowest BCUT2D eigenvalue weighted by molar-refractivity contribution is -0.116. The third kappa shape index (κ3) is 3.79. The molecule has 1 N–H and O–H groups in total. The summed E-state index contributed by atoms with van der Waals surface area (Å²) in [4.78, 5) is 31.2. The van der Waals surface area contributed by atoms with Gasteiger partial charge in [0.1, 0.15) is 11.4 Å². The quantitative estimate of drug-likeness (QED) is 0.652. The van der Waals surface area contributed by atoms with E-state index in [0.717, 1.165) is 11.3 Å². The van der Waals surface area contributed by atoms with Crippen molar-refractivity contribution < 1.29 is 19.0 Å². The Kier molecular flexibility index (Phi) is 5.84. The number of thiophene rings is 1. The minimum absolute atomic E-state index is 0.157. The Labute approximate surface area is 165 Å². The number of nitrogens with one attached hydrogen (secondary N) is 1. The smallest absolute Gasteiger partial charge is 0.262 e. The first-order chi connectivity index (χ1) is 13.5. The van der Waals surface area contributed by atoms with Gasteiger partial charge < -0.3 is 19.5 Å². The molecule has 0 spiro atoms. The minimum atomic E-state index is -0.372. The molecule has 0 atom stereocenters. The molecule has 0 fully saturated rings. The van der Waals surface area contributed by atoms with Crippen LogP contribution < -0.4 is 25.1 Å². The molecule has 0 radical (unpaired) electrons. The van der Waals surface area contributed by atoms with E-state index in [0.29, 0.717) is 33.2 Å². The molecular formula is C19H21N3O5S. The second-order valence-corrected chi connectivity index (χ2v) is 7.04. The molecule has 0 aliphatic carbocycles. The number of methoxy groups -OCH3 is 3. The zero-order valence-electron chi connectivity index (χ0n) is 16.1. The van der Waals surface area contributed by atoms with E-state index in [2.05, 4.69) is 10.3 Å². The van der Waals surface area contributed by atoms with Crippen LogP contribution in [-0.4, -0.2) is 36.8 Å². The highest BCUT2D eigenvalue weighted by atomic mass is 32.1. The summed E-state index contributed by atoms with van der Waals surface area (Å²) >= 11 is 1.49. The Hall–Kier alpha value is -3.07. The highest BCUT2D eigenvalue weighted by Gasteiger charge is 2.15. The van der Waals surface area contributed by atoms with Crippen molar-refractivity contribution in [2.45, 2.75) is 19.9 Å². The molecule has 28 heavy (non-hydrogen) atoms. The van der Waals surface area contributed by atoms with Gasteiger partial charge in [0.05, 0.1) is 33.0 Å². The highest BCUT2D eigenvalue weighted by molar-refractivity contribution is 7.18. The molecule has 2 heterocycles. The third-order valence-corrected chi connectivity index (χ3v) is 5.37. The number of carbonyl (C=O) groups excluding carboxylic acids is 1. The largest absolute Gasteiger partial charge is 0.493 e. The molecule has 0 saturated carbocycles. The van der Waals surface area contributed by atoms with Crippen LogP contribution in [0.5, 0.6) is 17.2 Å². The summed E-state index contributed by atoms with van der Waals surface area (Å²) in [6.07, 6.45) is 2.23. The number of nitrogens with zero attached hydrogens (tertiary/aromatic N) is 2. The molecule has 1 amide bonds. The average molecular weight is 403 g/mol. The van der Waals surface area contributed by atoms with Crippen LogP contribution in [0.15, 0.2) is 29.3 Å². The van der Waals surface area contributed by atoms with Crippen molar-refractivity contribution in [3.63, 3.8) is 0 Å². The van der Waals surface area contributed by atoms with Gasteiger partial charge in [-0.05, 0) is 12.5 Å². The summed E-state index contributed by atoms with van der Waals surface area (Å²) in [5.41, 5.74) is 0.228. The van der Waals surface area contributed by atoms with E-state index >= 15 is 0 Å². The summed E-state index contributed by atoms with van der Waals surface area (Å²) in [6, 6.07) is 5.08. The number of rotatable bonds is 7. The lowest BCUT2D eigenvalue weighted by atomic mass is 10.2. The Morgan fingerprint density at radius 1 is 1.14 bits per heavy atom. The molecule has 0 saturated heterocycles. The van der Waals surface area contributed by atoms with Gasteiger partial charge in [-0.1, -0.05) is 6.92 Å². The first kappa shape index (κ1) is 19.7. The molecule has 8 nitrogen and oxygen atoms in total. The van der Waals surface area contributed by atoms with E-state index in [1.807, 2.05) is 13.0 Å². The summed E-state index contributed by atoms with van der Waals surface area (Å²) < 4.78 is 17.1. The Balaban J connectivity index is 1.83. The maximum Gasteiger partial charge on any atom is 0.262 e. The molecular weight excluding hydrogens is 382 g/mol. The average Bonchev–Trinajstić information content (AvgIpc) is 3.13. The van der Waals surface area contributed by atoms with Crippen molar-refractivity contribution in [3.05, 3.63) is 39.8 Å². The van der Waals surface area contributed by atoms with Gasteiger partial charge in [0.25, 0.3) is 5.56 Å². The fourth-order valence-corrected chi connectivity index (χ4v) is 3.73. The Morgan fingerprint density at radius 2 is 1.82 bits per heavy atom. The number of aromatic nitrogens is 2. The number of anilines is 1. The van der Waals surface area contributed by atoms with Crippen molar-refractivity contribution in [3.8, 4) is 17.2 Å². The summed E-state index contributed by atoms with van der Waals surface area (Å²) in [5, 5.41) is 3.28. The predicted octanol–water partition coefficient (Wildman–Crippen LogP) is 2.68. The molecule has 3 rings (SSSR count). The maximum atomic E-state index is 12.6. The van der Waals surface area contributed by atoms with E-state index in [-0.39, 0.29) is 18.0 Å². The highest BCUT2D eigenvalue weighted by Crippen LogP contribution is 2.39. The molecule has 1 aromatic carbocycles. The van der Waals surface area contributed by atoms with Gasteiger partial charge in [0.15, 0.2) is 11.5 Å². The van der Waals surface area contributed by atoms with Crippen LogP contribution in [0.25, 0.3) is 10.2 Å². The van der Waals surface area contributed by atoms with Crippen LogP contribution in [0.1, 0.15) is 11.8 Å². The fraction of sp³-hybridized carbons (Fsp3) is 0.316. The summed E-state index contributed by atoms with van der Waals surface area (Å²) in [6.45, 7) is 1.86. The molecule has 0 bridgehead atoms. The van der Waals surface area contributed by atoms with Gasteiger partial charge in [-0.25, -0.2) is 4.98 Å². The van der Waals surface area contributed by atoms with E-state index in [1.54, 1.807) is 12.1 Å². The number of aryl methyl sites for hydroxylation is 1.